The van der Waals surface area contributed by atoms with Crippen LogP contribution in [0.2, 0.25) is 5.02 Å². The molecule has 6 heteroatoms. The second kappa shape index (κ2) is 6.07. The standard InChI is InChI=1S/C21H25ClF2O3/c1-20(2,3)27-19(26)13-6-14(22)18(25)16(17(13)23)15-11-4-10-5-12(15)9-21(24,7-10)8-11/h6,10-12,15,25H,4-5,7-9H2,1-3H3. The highest BCUT2D eigenvalue weighted by Crippen LogP contribution is 2.64. The van der Waals surface area contributed by atoms with Crippen molar-refractivity contribution in [2.24, 2.45) is 17.8 Å². The van der Waals surface area contributed by atoms with Crippen LogP contribution in [0.5, 0.6) is 5.75 Å². The van der Waals surface area contributed by atoms with Crippen molar-refractivity contribution in [3.8, 4) is 5.75 Å². The Morgan fingerprint density at radius 1 is 1.26 bits per heavy atom. The molecule has 0 radical (unpaired) electrons. The van der Waals surface area contributed by atoms with E-state index in [9.17, 15) is 14.3 Å². The molecule has 2 atom stereocenters. The van der Waals surface area contributed by atoms with Crippen molar-refractivity contribution in [2.45, 2.75) is 70.1 Å². The van der Waals surface area contributed by atoms with Gasteiger partial charge >= 0.3 is 5.97 Å². The molecular weight excluding hydrogens is 374 g/mol. The third-order valence-electron chi connectivity index (χ3n) is 6.38. The Balaban J connectivity index is 1.76. The summed E-state index contributed by atoms with van der Waals surface area (Å²) in [6.45, 7) is 5.10. The minimum Gasteiger partial charge on any atom is -0.506 e. The second-order valence-corrected chi connectivity index (χ2v) is 10.0. The first kappa shape index (κ1) is 19.0. The Kier molecular flexibility index (Phi) is 4.26. The van der Waals surface area contributed by atoms with Gasteiger partial charge in [-0.05, 0) is 82.6 Å². The zero-order valence-corrected chi connectivity index (χ0v) is 16.6. The molecule has 1 N–H and O–H groups in total. The van der Waals surface area contributed by atoms with Gasteiger partial charge in [0.25, 0.3) is 0 Å². The van der Waals surface area contributed by atoms with Crippen LogP contribution in [-0.2, 0) is 4.74 Å². The Morgan fingerprint density at radius 2 is 1.85 bits per heavy atom. The largest absolute Gasteiger partial charge is 0.506 e. The van der Waals surface area contributed by atoms with Crippen molar-refractivity contribution in [1.29, 1.82) is 0 Å². The summed E-state index contributed by atoms with van der Waals surface area (Å²) in [7, 11) is 0. The number of phenolic OH excluding ortho intramolecular Hbond substituents is 1. The number of ether oxygens (including phenoxy) is 1. The van der Waals surface area contributed by atoms with Gasteiger partial charge in [-0.2, -0.15) is 0 Å². The van der Waals surface area contributed by atoms with Gasteiger partial charge in [0.15, 0.2) is 0 Å². The van der Waals surface area contributed by atoms with E-state index in [1.807, 2.05) is 0 Å². The van der Waals surface area contributed by atoms with E-state index in [4.69, 9.17) is 16.3 Å². The monoisotopic (exact) mass is 398 g/mol. The zero-order valence-electron chi connectivity index (χ0n) is 15.8. The van der Waals surface area contributed by atoms with Crippen molar-refractivity contribution in [3.63, 3.8) is 0 Å². The van der Waals surface area contributed by atoms with Crippen molar-refractivity contribution in [1.82, 2.24) is 0 Å². The molecule has 0 saturated heterocycles. The molecule has 4 bridgehead atoms. The lowest BCUT2D eigenvalue weighted by Gasteiger charge is -2.57. The maximum absolute atomic E-state index is 15.4. The number of phenols is 1. The van der Waals surface area contributed by atoms with E-state index in [1.54, 1.807) is 20.8 Å². The van der Waals surface area contributed by atoms with Crippen LogP contribution in [0.1, 0.15) is 74.7 Å². The molecule has 0 spiro atoms. The quantitative estimate of drug-likeness (QED) is 0.643. The number of aromatic hydroxyl groups is 1. The Labute approximate surface area is 163 Å². The first-order valence-corrected chi connectivity index (χ1v) is 9.98. The van der Waals surface area contributed by atoms with E-state index < -0.39 is 23.1 Å². The minimum atomic E-state index is -1.16. The molecular formula is C21H25ClF2O3. The van der Waals surface area contributed by atoms with Gasteiger partial charge in [-0.1, -0.05) is 11.6 Å². The highest BCUT2D eigenvalue weighted by atomic mass is 35.5. The van der Waals surface area contributed by atoms with Crippen LogP contribution in [0.3, 0.4) is 0 Å². The Morgan fingerprint density at radius 3 is 2.37 bits per heavy atom. The van der Waals surface area contributed by atoms with E-state index in [1.165, 1.54) is 0 Å². The molecule has 5 rings (SSSR count). The van der Waals surface area contributed by atoms with Gasteiger partial charge in [0, 0.05) is 5.56 Å². The van der Waals surface area contributed by atoms with E-state index >= 15 is 4.39 Å². The Bertz CT molecular complexity index is 786. The molecule has 3 nitrogen and oxygen atoms in total. The highest BCUT2D eigenvalue weighted by molar-refractivity contribution is 6.32. The summed E-state index contributed by atoms with van der Waals surface area (Å²) in [6.07, 6.45) is 3.04. The number of esters is 1. The number of alkyl halides is 1. The molecule has 4 aliphatic carbocycles. The molecule has 27 heavy (non-hydrogen) atoms. The van der Waals surface area contributed by atoms with Crippen molar-refractivity contribution < 1.29 is 23.4 Å². The normalized spacial score (nSPS) is 34.7. The number of hydrogen-bond donors (Lipinski definition) is 1. The van der Waals surface area contributed by atoms with Crippen molar-refractivity contribution in [3.05, 3.63) is 28.0 Å². The van der Waals surface area contributed by atoms with Crippen LogP contribution in [0.4, 0.5) is 8.78 Å². The third-order valence-corrected chi connectivity index (χ3v) is 6.66. The number of rotatable bonds is 2. The third kappa shape index (κ3) is 3.22. The van der Waals surface area contributed by atoms with Crippen LogP contribution in [0.15, 0.2) is 6.07 Å². The molecule has 0 amide bonds. The van der Waals surface area contributed by atoms with Gasteiger partial charge < -0.3 is 9.84 Å². The van der Waals surface area contributed by atoms with Gasteiger partial charge in [-0.25, -0.2) is 13.6 Å². The van der Waals surface area contributed by atoms with E-state index in [0.717, 1.165) is 18.9 Å². The van der Waals surface area contributed by atoms with Gasteiger partial charge in [0.1, 0.15) is 22.8 Å². The SMILES string of the molecule is CC(C)(C)OC(=O)c1cc(Cl)c(O)c(C2C3CC4CC2CC(F)(C4)C3)c1F. The average molecular weight is 399 g/mol. The van der Waals surface area contributed by atoms with Crippen LogP contribution in [0, 0.1) is 23.6 Å². The molecule has 4 fully saturated rings. The van der Waals surface area contributed by atoms with Gasteiger partial charge in [0.05, 0.1) is 10.6 Å². The molecule has 0 aromatic heterocycles. The molecule has 1 aromatic rings. The number of carbonyl (C=O) groups is 1. The summed E-state index contributed by atoms with van der Waals surface area (Å²) in [5, 5.41) is 10.5. The maximum Gasteiger partial charge on any atom is 0.341 e. The van der Waals surface area contributed by atoms with E-state index in [-0.39, 0.29) is 39.7 Å². The van der Waals surface area contributed by atoms with Crippen LogP contribution in [0.25, 0.3) is 0 Å². The summed E-state index contributed by atoms with van der Waals surface area (Å²) in [5.41, 5.74) is -2.14. The molecule has 4 aliphatic rings. The van der Waals surface area contributed by atoms with Gasteiger partial charge in [-0.15, -0.1) is 0 Å². The topological polar surface area (TPSA) is 46.5 Å². The lowest BCUT2D eigenvalue weighted by atomic mass is 9.49. The fraction of sp³-hybridized carbons (Fsp3) is 0.667. The van der Waals surface area contributed by atoms with Gasteiger partial charge in [-0.3, -0.25) is 0 Å². The lowest BCUT2D eigenvalue weighted by Crippen LogP contribution is -2.51. The number of halogens is 3. The molecule has 0 aliphatic heterocycles. The smallest absolute Gasteiger partial charge is 0.341 e. The predicted molar refractivity (Wildman–Crippen MR) is 98.4 cm³/mol. The molecule has 2 unspecified atom stereocenters. The predicted octanol–water partition coefficient (Wildman–Crippen LogP) is 5.77. The second-order valence-electron chi connectivity index (χ2n) is 9.63. The Hall–Kier alpha value is -1.36. The van der Waals surface area contributed by atoms with Crippen LogP contribution in [-0.4, -0.2) is 22.3 Å². The summed E-state index contributed by atoms with van der Waals surface area (Å²) in [6, 6.07) is 1.12. The lowest BCUT2D eigenvalue weighted by molar-refractivity contribution is -0.0880. The fourth-order valence-corrected chi connectivity index (χ4v) is 6.03. The van der Waals surface area contributed by atoms with Crippen molar-refractivity contribution in [2.75, 3.05) is 0 Å². The van der Waals surface area contributed by atoms with Crippen molar-refractivity contribution >= 4 is 17.6 Å². The molecule has 0 heterocycles. The molecule has 4 saturated carbocycles. The molecule has 1 aromatic carbocycles. The minimum absolute atomic E-state index is 0.0356. The first-order valence-electron chi connectivity index (χ1n) is 9.60. The van der Waals surface area contributed by atoms with E-state index in [2.05, 4.69) is 0 Å². The van der Waals surface area contributed by atoms with Crippen LogP contribution < -0.4 is 0 Å². The first-order chi connectivity index (χ1) is 12.5. The summed E-state index contributed by atoms with van der Waals surface area (Å²) < 4.78 is 35.7. The summed E-state index contributed by atoms with van der Waals surface area (Å²) >= 11 is 6.15. The van der Waals surface area contributed by atoms with Gasteiger partial charge in [0.2, 0.25) is 0 Å². The van der Waals surface area contributed by atoms with Crippen LogP contribution >= 0.6 is 11.6 Å². The van der Waals surface area contributed by atoms with E-state index in [0.29, 0.717) is 25.2 Å². The zero-order chi connectivity index (χ0) is 19.7. The summed E-state index contributed by atoms with van der Waals surface area (Å²) in [4.78, 5) is 12.5. The number of carbonyl (C=O) groups excluding carboxylic acids is 1. The fourth-order valence-electron chi connectivity index (χ4n) is 5.82. The average Bonchev–Trinajstić information content (AvgIpc) is 2.50. The maximum atomic E-state index is 15.4. The number of benzene rings is 1. The summed E-state index contributed by atoms with van der Waals surface area (Å²) in [5.74, 6) is -1.97. The molecule has 148 valence electrons. The number of hydrogen-bond acceptors (Lipinski definition) is 3. The highest BCUT2D eigenvalue weighted by Gasteiger charge is 2.57.